The summed E-state index contributed by atoms with van der Waals surface area (Å²) >= 11 is 1.74. The molecule has 39 heavy (non-hydrogen) atoms. The molecule has 4 amide bonds. The molecule has 2 aromatic rings. The lowest BCUT2D eigenvalue weighted by molar-refractivity contribution is -0.134. The van der Waals surface area contributed by atoms with E-state index in [9.17, 15) is 14.4 Å². The van der Waals surface area contributed by atoms with E-state index in [-0.39, 0.29) is 24.6 Å². The van der Waals surface area contributed by atoms with E-state index in [0.29, 0.717) is 51.6 Å². The fourth-order valence-electron chi connectivity index (χ4n) is 5.60. The number of amides is 4. The standard InChI is InChI=1S/C29H37N5O4S/c1-21-7-6-8-22(2)26(21)30-28(36)32-13-11-31(12-14-32)24-17-25(27(35)33-15-16-39-20-33)34(18-24)29(37)38-19-23-9-4-3-5-10-23/h3-10,24-25H,11-20H2,1-2H3,(H,30,36)/t24-,25-/m0/s1. The fraction of sp³-hybridized carbons (Fsp3) is 0.483. The van der Waals surface area contributed by atoms with E-state index in [0.717, 1.165) is 28.1 Å². The van der Waals surface area contributed by atoms with Crippen LogP contribution >= 0.6 is 11.8 Å². The Kier molecular flexibility index (Phi) is 8.62. The molecule has 3 fully saturated rings. The van der Waals surface area contributed by atoms with Crippen molar-refractivity contribution in [2.75, 3.05) is 56.2 Å². The maximum absolute atomic E-state index is 13.4. The summed E-state index contributed by atoms with van der Waals surface area (Å²) in [5.41, 5.74) is 3.86. The number of hydrogen-bond acceptors (Lipinski definition) is 6. The summed E-state index contributed by atoms with van der Waals surface area (Å²) in [4.78, 5) is 47.2. The van der Waals surface area contributed by atoms with E-state index in [2.05, 4.69) is 10.2 Å². The van der Waals surface area contributed by atoms with Gasteiger partial charge in [0.15, 0.2) is 0 Å². The lowest BCUT2D eigenvalue weighted by Crippen LogP contribution is -2.53. The van der Waals surface area contributed by atoms with Crippen LogP contribution in [0, 0.1) is 13.8 Å². The monoisotopic (exact) mass is 551 g/mol. The number of para-hydroxylation sites is 1. The van der Waals surface area contributed by atoms with Gasteiger partial charge in [-0.3, -0.25) is 14.6 Å². The lowest BCUT2D eigenvalue weighted by Gasteiger charge is -2.38. The number of piperazine rings is 1. The quantitative estimate of drug-likeness (QED) is 0.609. The molecule has 0 aromatic heterocycles. The Balaban J connectivity index is 1.20. The molecule has 3 aliphatic rings. The number of anilines is 1. The Morgan fingerprint density at radius 2 is 1.64 bits per heavy atom. The predicted octanol–water partition coefficient (Wildman–Crippen LogP) is 3.77. The molecule has 3 aliphatic heterocycles. The number of nitrogens with zero attached hydrogens (tertiary/aromatic N) is 4. The van der Waals surface area contributed by atoms with Crippen LogP contribution in [-0.2, 0) is 16.1 Å². The smallest absolute Gasteiger partial charge is 0.410 e. The molecule has 2 atom stereocenters. The summed E-state index contributed by atoms with van der Waals surface area (Å²) in [6.45, 7) is 7.89. The Hall–Kier alpha value is -3.24. The Bertz CT molecular complexity index is 1160. The minimum Gasteiger partial charge on any atom is -0.445 e. The van der Waals surface area contributed by atoms with Crippen molar-refractivity contribution in [2.45, 2.75) is 39.0 Å². The van der Waals surface area contributed by atoms with Crippen LogP contribution in [0.4, 0.5) is 15.3 Å². The molecule has 9 nitrogen and oxygen atoms in total. The highest BCUT2D eigenvalue weighted by Crippen LogP contribution is 2.28. The van der Waals surface area contributed by atoms with Crippen LogP contribution in [0.15, 0.2) is 48.5 Å². The number of carbonyl (C=O) groups excluding carboxylic acids is 3. The maximum atomic E-state index is 13.4. The summed E-state index contributed by atoms with van der Waals surface area (Å²) < 4.78 is 5.65. The highest BCUT2D eigenvalue weighted by Gasteiger charge is 2.45. The molecule has 10 heteroatoms. The molecule has 0 unspecified atom stereocenters. The second-order valence-corrected chi connectivity index (χ2v) is 11.5. The number of likely N-dealkylation sites (tertiary alicyclic amines) is 1. The zero-order chi connectivity index (χ0) is 27.4. The second-order valence-electron chi connectivity index (χ2n) is 10.5. The molecule has 5 rings (SSSR count). The minimum atomic E-state index is -0.526. The summed E-state index contributed by atoms with van der Waals surface area (Å²) in [5.74, 6) is 1.60. The molecule has 208 valence electrons. The molecular formula is C29H37N5O4S. The molecule has 2 aromatic carbocycles. The Labute approximate surface area is 234 Å². The average molecular weight is 552 g/mol. The average Bonchev–Trinajstić information content (AvgIpc) is 3.65. The molecule has 0 radical (unpaired) electrons. The number of nitrogens with one attached hydrogen (secondary N) is 1. The van der Waals surface area contributed by atoms with E-state index in [1.807, 2.05) is 72.2 Å². The lowest BCUT2D eigenvalue weighted by atomic mass is 10.1. The summed E-state index contributed by atoms with van der Waals surface area (Å²) in [5, 5.41) is 3.08. The molecule has 0 bridgehead atoms. The molecule has 1 N–H and O–H groups in total. The number of urea groups is 1. The first-order valence-electron chi connectivity index (χ1n) is 13.6. The SMILES string of the molecule is Cc1cccc(C)c1NC(=O)N1CCN([C@H]2C[C@@H](C(=O)N3CCSC3)N(C(=O)OCc3ccccc3)C2)CC1. The first-order chi connectivity index (χ1) is 18.9. The molecule has 0 spiro atoms. The van der Waals surface area contributed by atoms with Gasteiger partial charge in [-0.2, -0.15) is 0 Å². The third-order valence-electron chi connectivity index (χ3n) is 7.90. The van der Waals surface area contributed by atoms with Gasteiger partial charge in [0.05, 0.1) is 5.88 Å². The van der Waals surface area contributed by atoms with Gasteiger partial charge in [-0.15, -0.1) is 11.8 Å². The Morgan fingerprint density at radius 3 is 2.31 bits per heavy atom. The zero-order valence-corrected chi connectivity index (χ0v) is 23.5. The van der Waals surface area contributed by atoms with Crippen molar-refractivity contribution in [3.8, 4) is 0 Å². The van der Waals surface area contributed by atoms with Crippen molar-refractivity contribution in [1.29, 1.82) is 0 Å². The largest absolute Gasteiger partial charge is 0.445 e. The third-order valence-corrected chi connectivity index (χ3v) is 8.86. The van der Waals surface area contributed by atoms with E-state index < -0.39 is 12.1 Å². The van der Waals surface area contributed by atoms with Crippen molar-refractivity contribution in [3.05, 3.63) is 65.2 Å². The highest BCUT2D eigenvalue weighted by molar-refractivity contribution is 7.99. The van der Waals surface area contributed by atoms with Crippen LogP contribution in [0.2, 0.25) is 0 Å². The maximum Gasteiger partial charge on any atom is 0.410 e. The van der Waals surface area contributed by atoms with E-state index in [1.54, 1.807) is 16.7 Å². The molecule has 3 saturated heterocycles. The number of aryl methyl sites for hydroxylation is 2. The number of rotatable bonds is 5. The highest BCUT2D eigenvalue weighted by atomic mass is 32.2. The van der Waals surface area contributed by atoms with E-state index in [1.165, 1.54) is 0 Å². The van der Waals surface area contributed by atoms with Crippen LogP contribution in [-0.4, -0.2) is 101 Å². The van der Waals surface area contributed by atoms with E-state index in [4.69, 9.17) is 4.74 Å². The summed E-state index contributed by atoms with van der Waals surface area (Å²) in [7, 11) is 0. The third kappa shape index (κ3) is 6.33. The Morgan fingerprint density at radius 1 is 0.923 bits per heavy atom. The first kappa shape index (κ1) is 27.3. The van der Waals surface area contributed by atoms with Crippen LogP contribution in [0.1, 0.15) is 23.1 Å². The first-order valence-corrected chi connectivity index (χ1v) is 14.8. The van der Waals surface area contributed by atoms with Gasteiger partial charge in [-0.05, 0) is 37.0 Å². The van der Waals surface area contributed by atoms with Crippen molar-refractivity contribution in [3.63, 3.8) is 0 Å². The van der Waals surface area contributed by atoms with Gasteiger partial charge in [0.25, 0.3) is 0 Å². The number of carbonyl (C=O) groups is 3. The minimum absolute atomic E-state index is 0.00535. The van der Waals surface area contributed by atoms with Crippen molar-refractivity contribution >= 4 is 35.5 Å². The van der Waals surface area contributed by atoms with E-state index >= 15 is 0 Å². The van der Waals surface area contributed by atoms with Gasteiger partial charge in [0.1, 0.15) is 12.6 Å². The summed E-state index contributed by atoms with van der Waals surface area (Å²) in [6.07, 6.45) is 0.132. The van der Waals surface area contributed by atoms with Crippen LogP contribution in [0.5, 0.6) is 0 Å². The second kappa shape index (κ2) is 12.3. The topological polar surface area (TPSA) is 85.4 Å². The zero-order valence-electron chi connectivity index (χ0n) is 22.7. The normalized spacial score (nSPS) is 21.7. The van der Waals surface area contributed by atoms with Gasteiger partial charge >= 0.3 is 12.1 Å². The van der Waals surface area contributed by atoms with Gasteiger partial charge in [0.2, 0.25) is 5.91 Å². The molecule has 3 heterocycles. The van der Waals surface area contributed by atoms with Crippen LogP contribution < -0.4 is 5.32 Å². The van der Waals surface area contributed by atoms with Crippen LogP contribution in [0.25, 0.3) is 0 Å². The molecule has 0 saturated carbocycles. The van der Waals surface area contributed by atoms with Crippen molar-refractivity contribution in [1.82, 2.24) is 19.6 Å². The van der Waals surface area contributed by atoms with Crippen molar-refractivity contribution in [2.24, 2.45) is 0 Å². The van der Waals surface area contributed by atoms with Crippen molar-refractivity contribution < 1.29 is 19.1 Å². The van der Waals surface area contributed by atoms with Gasteiger partial charge in [-0.1, -0.05) is 48.5 Å². The molecule has 0 aliphatic carbocycles. The predicted molar refractivity (Wildman–Crippen MR) is 153 cm³/mol. The van der Waals surface area contributed by atoms with Gasteiger partial charge in [-0.25, -0.2) is 9.59 Å². The molecular weight excluding hydrogens is 514 g/mol. The number of hydrogen-bond donors (Lipinski definition) is 1. The number of benzene rings is 2. The fourth-order valence-corrected chi connectivity index (χ4v) is 6.56. The summed E-state index contributed by atoms with van der Waals surface area (Å²) in [6, 6.07) is 15.0. The van der Waals surface area contributed by atoms with Crippen LogP contribution in [0.3, 0.4) is 0 Å². The van der Waals surface area contributed by atoms with Gasteiger partial charge < -0.3 is 19.9 Å². The number of ether oxygens (including phenoxy) is 1. The van der Waals surface area contributed by atoms with Gasteiger partial charge in [0, 0.05) is 56.8 Å². The number of thioether (sulfide) groups is 1.